The Hall–Kier alpha value is -0.860. The fourth-order valence-electron chi connectivity index (χ4n) is 1.33. The first-order valence-corrected chi connectivity index (χ1v) is 5.27. The van der Waals surface area contributed by atoms with Crippen LogP contribution in [0, 0.1) is 5.82 Å². The van der Waals surface area contributed by atoms with Gasteiger partial charge >= 0.3 is 0 Å². The molecule has 0 heterocycles. The highest BCUT2D eigenvalue weighted by molar-refractivity contribution is 6.29. The molecule has 3 heteroatoms. The lowest BCUT2D eigenvalue weighted by atomic mass is 10.1. The van der Waals surface area contributed by atoms with Crippen molar-refractivity contribution >= 4 is 11.6 Å². The topological polar surface area (TPSA) is 12.0 Å². The van der Waals surface area contributed by atoms with Gasteiger partial charge in [0.25, 0.3) is 0 Å². The first kappa shape index (κ1) is 12.2. The van der Waals surface area contributed by atoms with Crippen molar-refractivity contribution in [2.24, 2.45) is 0 Å². The van der Waals surface area contributed by atoms with Gasteiger partial charge in [0, 0.05) is 17.6 Å². The molecular formula is C12H15ClFN. The highest BCUT2D eigenvalue weighted by atomic mass is 35.5. The maximum Gasteiger partial charge on any atom is 0.123 e. The summed E-state index contributed by atoms with van der Waals surface area (Å²) < 4.78 is 12.6. The van der Waals surface area contributed by atoms with Gasteiger partial charge in [0.15, 0.2) is 0 Å². The second-order valence-electron chi connectivity index (χ2n) is 3.63. The summed E-state index contributed by atoms with van der Waals surface area (Å²) in [7, 11) is 0. The van der Waals surface area contributed by atoms with Gasteiger partial charge in [-0.05, 0) is 31.0 Å². The minimum Gasteiger partial charge on any atom is -0.309 e. The molecule has 0 amide bonds. The van der Waals surface area contributed by atoms with Gasteiger partial charge in [-0.25, -0.2) is 4.39 Å². The van der Waals surface area contributed by atoms with Crippen LogP contribution in [0.3, 0.4) is 0 Å². The van der Waals surface area contributed by atoms with Gasteiger partial charge in [-0.15, -0.1) is 0 Å². The molecule has 0 aliphatic rings. The van der Waals surface area contributed by atoms with E-state index in [-0.39, 0.29) is 5.82 Å². The Morgan fingerprint density at radius 1 is 1.47 bits per heavy atom. The maximum absolute atomic E-state index is 12.6. The normalized spacial score (nSPS) is 12.5. The Morgan fingerprint density at radius 2 is 2.07 bits per heavy atom. The maximum atomic E-state index is 12.6. The predicted molar refractivity (Wildman–Crippen MR) is 62.6 cm³/mol. The number of halogens is 2. The first-order chi connectivity index (χ1) is 7.08. The highest BCUT2D eigenvalue weighted by Gasteiger charge is 2.03. The van der Waals surface area contributed by atoms with Gasteiger partial charge in [0.05, 0.1) is 0 Å². The van der Waals surface area contributed by atoms with Crippen LogP contribution >= 0.6 is 11.6 Å². The number of rotatable bonds is 5. The molecular weight excluding hydrogens is 213 g/mol. The van der Waals surface area contributed by atoms with Gasteiger partial charge in [-0.3, -0.25) is 0 Å². The second-order valence-corrected chi connectivity index (χ2v) is 4.16. The lowest BCUT2D eigenvalue weighted by molar-refractivity contribution is 0.576. The molecule has 0 radical (unpaired) electrons. The molecule has 1 unspecified atom stereocenters. The monoisotopic (exact) mass is 227 g/mol. The zero-order valence-corrected chi connectivity index (χ0v) is 9.52. The summed E-state index contributed by atoms with van der Waals surface area (Å²) in [5.74, 6) is -0.200. The fourth-order valence-corrected chi connectivity index (χ4v) is 1.41. The Balaban J connectivity index is 2.40. The zero-order chi connectivity index (χ0) is 11.3. The van der Waals surface area contributed by atoms with Crippen molar-refractivity contribution in [2.75, 3.05) is 6.54 Å². The molecule has 1 atom stereocenters. The lowest BCUT2D eigenvalue weighted by Crippen LogP contribution is -2.28. The molecule has 1 N–H and O–H groups in total. The third kappa shape index (κ3) is 4.96. The largest absolute Gasteiger partial charge is 0.309 e. The summed E-state index contributed by atoms with van der Waals surface area (Å²) >= 11 is 5.64. The number of benzene rings is 1. The summed E-state index contributed by atoms with van der Waals surface area (Å²) in [6.07, 6.45) is 0.852. The molecule has 0 bridgehead atoms. The third-order valence-corrected chi connectivity index (χ3v) is 2.23. The van der Waals surface area contributed by atoms with Gasteiger partial charge in [0.2, 0.25) is 0 Å². The van der Waals surface area contributed by atoms with Gasteiger partial charge in [-0.2, -0.15) is 0 Å². The molecule has 0 saturated heterocycles. The Morgan fingerprint density at radius 3 is 2.60 bits per heavy atom. The molecule has 0 fully saturated rings. The summed E-state index contributed by atoms with van der Waals surface area (Å²) in [5.41, 5.74) is 1.11. The van der Waals surface area contributed by atoms with Crippen LogP contribution in [0.5, 0.6) is 0 Å². The molecule has 1 nitrogen and oxygen atoms in total. The van der Waals surface area contributed by atoms with E-state index in [2.05, 4.69) is 18.8 Å². The van der Waals surface area contributed by atoms with E-state index >= 15 is 0 Å². The van der Waals surface area contributed by atoms with E-state index in [1.807, 2.05) is 0 Å². The minimum absolute atomic E-state index is 0.200. The van der Waals surface area contributed by atoms with Crippen LogP contribution in [0.25, 0.3) is 0 Å². The molecule has 0 saturated carbocycles. The van der Waals surface area contributed by atoms with Crippen molar-refractivity contribution in [3.05, 3.63) is 47.3 Å². The van der Waals surface area contributed by atoms with Crippen molar-refractivity contribution < 1.29 is 4.39 Å². The molecule has 0 spiro atoms. The van der Waals surface area contributed by atoms with Crippen LogP contribution in [-0.4, -0.2) is 12.6 Å². The predicted octanol–water partition coefficient (Wildman–Crippen LogP) is 3.10. The van der Waals surface area contributed by atoms with Crippen LogP contribution in [0.15, 0.2) is 35.9 Å². The van der Waals surface area contributed by atoms with Crippen LogP contribution in [0.4, 0.5) is 4.39 Å². The average Bonchev–Trinajstić information content (AvgIpc) is 2.19. The van der Waals surface area contributed by atoms with Gasteiger partial charge in [-0.1, -0.05) is 30.3 Å². The van der Waals surface area contributed by atoms with E-state index in [1.54, 1.807) is 12.1 Å². The summed E-state index contributed by atoms with van der Waals surface area (Å²) in [4.78, 5) is 0. The second kappa shape index (κ2) is 5.89. The van der Waals surface area contributed by atoms with E-state index < -0.39 is 0 Å². The third-order valence-electron chi connectivity index (χ3n) is 2.10. The van der Waals surface area contributed by atoms with Gasteiger partial charge < -0.3 is 5.32 Å². The SMILES string of the molecule is C=C(Cl)CNC(C)Cc1ccc(F)cc1. The van der Waals surface area contributed by atoms with Crippen LogP contribution in [-0.2, 0) is 6.42 Å². The molecule has 1 aromatic rings. The summed E-state index contributed by atoms with van der Waals surface area (Å²) in [6, 6.07) is 6.84. The van der Waals surface area contributed by atoms with Crippen molar-refractivity contribution in [3.8, 4) is 0 Å². The smallest absolute Gasteiger partial charge is 0.123 e. The quantitative estimate of drug-likeness (QED) is 0.815. The van der Waals surface area contributed by atoms with Crippen LogP contribution < -0.4 is 5.32 Å². The van der Waals surface area contributed by atoms with E-state index in [9.17, 15) is 4.39 Å². The van der Waals surface area contributed by atoms with E-state index in [1.165, 1.54) is 12.1 Å². The van der Waals surface area contributed by atoms with Crippen LogP contribution in [0.2, 0.25) is 0 Å². The van der Waals surface area contributed by atoms with Crippen LogP contribution in [0.1, 0.15) is 12.5 Å². The standard InChI is InChI=1S/C12H15ClFN/c1-9(13)8-15-10(2)7-11-3-5-12(14)6-4-11/h3-6,10,15H,1,7-8H2,2H3. The summed E-state index contributed by atoms with van der Waals surface area (Å²) in [6.45, 7) is 6.26. The number of hydrogen-bond acceptors (Lipinski definition) is 1. The van der Waals surface area contributed by atoms with Gasteiger partial charge in [0.1, 0.15) is 5.82 Å². The molecule has 82 valence electrons. The zero-order valence-electron chi connectivity index (χ0n) is 8.76. The fraction of sp³-hybridized carbons (Fsp3) is 0.333. The van der Waals surface area contributed by atoms with Crippen molar-refractivity contribution in [3.63, 3.8) is 0 Å². The molecule has 1 aromatic carbocycles. The minimum atomic E-state index is -0.200. The molecule has 0 aromatic heterocycles. The number of nitrogens with one attached hydrogen (secondary N) is 1. The average molecular weight is 228 g/mol. The first-order valence-electron chi connectivity index (χ1n) is 4.89. The molecule has 0 aliphatic carbocycles. The molecule has 0 aliphatic heterocycles. The van der Waals surface area contributed by atoms with Crippen molar-refractivity contribution in [2.45, 2.75) is 19.4 Å². The lowest BCUT2D eigenvalue weighted by Gasteiger charge is -2.13. The Labute approximate surface area is 95.0 Å². The molecule has 15 heavy (non-hydrogen) atoms. The van der Waals surface area contributed by atoms with E-state index in [4.69, 9.17) is 11.6 Å². The highest BCUT2D eigenvalue weighted by Crippen LogP contribution is 2.06. The Kier molecular flexibility index (Phi) is 4.79. The molecule has 1 rings (SSSR count). The summed E-state index contributed by atoms with van der Waals surface area (Å²) in [5, 5.41) is 3.82. The number of hydrogen-bond donors (Lipinski definition) is 1. The van der Waals surface area contributed by atoms with Crippen molar-refractivity contribution in [1.29, 1.82) is 0 Å². The van der Waals surface area contributed by atoms with E-state index in [0.29, 0.717) is 17.6 Å². The Bertz CT molecular complexity index is 321. The van der Waals surface area contributed by atoms with Crippen molar-refractivity contribution in [1.82, 2.24) is 5.32 Å². The van der Waals surface area contributed by atoms with E-state index in [0.717, 1.165) is 12.0 Å².